The van der Waals surface area contributed by atoms with Gasteiger partial charge in [0.2, 0.25) is 5.91 Å². The molecule has 0 spiro atoms. The number of nitrogens with zero attached hydrogens (tertiary/aromatic N) is 2. The third kappa shape index (κ3) is 6.54. The van der Waals surface area contributed by atoms with E-state index < -0.39 is 0 Å². The molecular weight excluding hydrogens is 492 g/mol. The molecule has 0 fully saturated rings. The second-order valence-electron chi connectivity index (χ2n) is 9.79. The van der Waals surface area contributed by atoms with Crippen LogP contribution in [0.1, 0.15) is 70.6 Å². The van der Waals surface area contributed by atoms with Gasteiger partial charge in [-0.05, 0) is 71.7 Å². The number of methoxy groups -OCH3 is 1. The number of fused-ring (bicyclic) bond motifs is 1. The van der Waals surface area contributed by atoms with E-state index in [1.54, 1.807) is 29.4 Å². The van der Waals surface area contributed by atoms with Crippen LogP contribution in [0, 0.1) is 0 Å². The van der Waals surface area contributed by atoms with Crippen LogP contribution in [0.15, 0.2) is 72.6 Å². The van der Waals surface area contributed by atoms with E-state index in [0.29, 0.717) is 18.7 Å². The Morgan fingerprint density at radius 1 is 1.08 bits per heavy atom. The van der Waals surface area contributed by atoms with Crippen LogP contribution >= 0.6 is 11.3 Å². The molecule has 0 aliphatic carbocycles. The molecule has 0 bridgehead atoms. The van der Waals surface area contributed by atoms with Gasteiger partial charge in [0.15, 0.2) is 0 Å². The molecule has 2 amide bonds. The summed E-state index contributed by atoms with van der Waals surface area (Å²) in [7, 11) is 1.65. The first kappa shape index (κ1) is 27.6. The van der Waals surface area contributed by atoms with Crippen LogP contribution in [-0.4, -0.2) is 48.4 Å². The molecule has 2 aromatic carbocycles. The van der Waals surface area contributed by atoms with E-state index in [-0.39, 0.29) is 24.4 Å². The molecule has 1 aliphatic heterocycles. The maximum atomic E-state index is 13.8. The van der Waals surface area contributed by atoms with Crippen LogP contribution in [-0.2, 0) is 17.6 Å². The van der Waals surface area contributed by atoms with Crippen molar-refractivity contribution >= 4 is 23.2 Å². The summed E-state index contributed by atoms with van der Waals surface area (Å²) in [5.41, 5.74) is 4.04. The highest BCUT2D eigenvalue weighted by Crippen LogP contribution is 2.38. The van der Waals surface area contributed by atoms with Gasteiger partial charge in [0, 0.05) is 23.5 Å². The second-order valence-corrected chi connectivity index (χ2v) is 10.8. The Balaban J connectivity index is 1.50. The minimum atomic E-state index is -0.184. The van der Waals surface area contributed by atoms with E-state index >= 15 is 0 Å². The largest absolute Gasteiger partial charge is 0.497 e. The van der Waals surface area contributed by atoms with E-state index in [1.807, 2.05) is 53.4 Å². The van der Waals surface area contributed by atoms with Crippen molar-refractivity contribution in [2.45, 2.75) is 51.5 Å². The van der Waals surface area contributed by atoms with Gasteiger partial charge in [-0.2, -0.15) is 0 Å². The number of hydrogen-bond donors (Lipinski definition) is 0. The van der Waals surface area contributed by atoms with Gasteiger partial charge in [-0.3, -0.25) is 9.59 Å². The lowest BCUT2D eigenvalue weighted by atomic mass is 9.93. The SMILES string of the molecule is C=CCN(CC(=O)N1CCc2sccc2C1c1ccc(OC)cc1)C(=O)c1ccc(CCCCCC)cc1. The van der Waals surface area contributed by atoms with E-state index in [4.69, 9.17) is 4.74 Å². The lowest BCUT2D eigenvalue weighted by molar-refractivity contribution is -0.133. The molecule has 38 heavy (non-hydrogen) atoms. The van der Waals surface area contributed by atoms with Crippen LogP contribution in [0.5, 0.6) is 5.75 Å². The molecule has 5 nitrogen and oxygen atoms in total. The maximum Gasteiger partial charge on any atom is 0.254 e. The Hall–Kier alpha value is -3.38. The number of ether oxygens (including phenoxy) is 1. The summed E-state index contributed by atoms with van der Waals surface area (Å²) in [6, 6.07) is 17.7. The van der Waals surface area contributed by atoms with Gasteiger partial charge in [-0.1, -0.05) is 56.5 Å². The summed E-state index contributed by atoms with van der Waals surface area (Å²) in [5.74, 6) is 0.568. The number of aryl methyl sites for hydroxylation is 1. The smallest absolute Gasteiger partial charge is 0.254 e. The zero-order valence-electron chi connectivity index (χ0n) is 22.5. The van der Waals surface area contributed by atoms with Crippen molar-refractivity contribution < 1.29 is 14.3 Å². The summed E-state index contributed by atoms with van der Waals surface area (Å²) >= 11 is 1.74. The highest BCUT2D eigenvalue weighted by atomic mass is 32.1. The number of hydrogen-bond acceptors (Lipinski definition) is 4. The molecule has 0 saturated carbocycles. The van der Waals surface area contributed by atoms with Gasteiger partial charge in [-0.15, -0.1) is 17.9 Å². The molecule has 1 aromatic heterocycles. The average molecular weight is 531 g/mol. The molecule has 6 heteroatoms. The van der Waals surface area contributed by atoms with E-state index in [2.05, 4.69) is 24.9 Å². The van der Waals surface area contributed by atoms with Gasteiger partial charge in [0.1, 0.15) is 12.3 Å². The number of benzene rings is 2. The van der Waals surface area contributed by atoms with Crippen LogP contribution in [0.25, 0.3) is 0 Å². The summed E-state index contributed by atoms with van der Waals surface area (Å²) in [4.78, 5) is 32.0. The Bertz CT molecular complexity index is 1220. The Labute approximate surface area is 230 Å². The Morgan fingerprint density at radius 2 is 1.84 bits per heavy atom. The predicted octanol–water partition coefficient (Wildman–Crippen LogP) is 6.68. The molecule has 1 atom stereocenters. The Kier molecular flexibility index (Phi) is 9.77. The van der Waals surface area contributed by atoms with E-state index in [1.165, 1.54) is 29.7 Å². The normalized spacial score (nSPS) is 14.6. The fourth-order valence-electron chi connectivity index (χ4n) is 5.11. The molecular formula is C32H38N2O3S. The van der Waals surface area contributed by atoms with E-state index in [9.17, 15) is 9.59 Å². The van der Waals surface area contributed by atoms with Crippen molar-refractivity contribution in [2.24, 2.45) is 0 Å². The molecule has 0 N–H and O–H groups in total. The number of amides is 2. The van der Waals surface area contributed by atoms with Crippen molar-refractivity contribution in [3.05, 3.63) is 99.8 Å². The third-order valence-corrected chi connectivity index (χ3v) is 8.20. The molecule has 3 aromatic rings. The molecule has 1 aliphatic rings. The topological polar surface area (TPSA) is 49.9 Å². The number of carbonyl (C=O) groups is 2. The fraction of sp³-hybridized carbons (Fsp3) is 0.375. The summed E-state index contributed by atoms with van der Waals surface area (Å²) in [6.07, 6.45) is 8.39. The quantitative estimate of drug-likeness (QED) is 0.194. The van der Waals surface area contributed by atoms with Crippen molar-refractivity contribution in [1.82, 2.24) is 9.80 Å². The highest BCUT2D eigenvalue weighted by Gasteiger charge is 2.34. The minimum absolute atomic E-state index is 0.00967. The molecule has 1 unspecified atom stereocenters. The second kappa shape index (κ2) is 13.4. The summed E-state index contributed by atoms with van der Waals surface area (Å²) in [6.45, 7) is 6.98. The van der Waals surface area contributed by atoms with Gasteiger partial charge in [0.05, 0.1) is 13.2 Å². The first-order valence-corrected chi connectivity index (χ1v) is 14.4. The molecule has 4 rings (SSSR count). The zero-order valence-corrected chi connectivity index (χ0v) is 23.3. The van der Waals surface area contributed by atoms with Crippen molar-refractivity contribution in [3.8, 4) is 5.75 Å². The first-order valence-electron chi connectivity index (χ1n) is 13.5. The number of carbonyl (C=O) groups excluding carboxylic acids is 2. The first-order chi connectivity index (χ1) is 18.5. The monoisotopic (exact) mass is 530 g/mol. The van der Waals surface area contributed by atoms with Gasteiger partial charge < -0.3 is 14.5 Å². The van der Waals surface area contributed by atoms with Gasteiger partial charge in [-0.25, -0.2) is 0 Å². The molecule has 2 heterocycles. The van der Waals surface area contributed by atoms with Crippen LogP contribution in [0.4, 0.5) is 0 Å². The van der Waals surface area contributed by atoms with Crippen LogP contribution < -0.4 is 4.74 Å². The zero-order chi connectivity index (χ0) is 26.9. The van der Waals surface area contributed by atoms with Crippen molar-refractivity contribution in [1.29, 1.82) is 0 Å². The average Bonchev–Trinajstić information content (AvgIpc) is 3.44. The fourth-order valence-corrected chi connectivity index (χ4v) is 6.02. The van der Waals surface area contributed by atoms with Crippen LogP contribution in [0.2, 0.25) is 0 Å². The predicted molar refractivity (Wildman–Crippen MR) is 155 cm³/mol. The number of unbranched alkanes of at least 4 members (excludes halogenated alkanes) is 3. The standard InChI is InChI=1S/C32H38N2O3S/c1-4-6-7-8-9-24-10-12-26(13-11-24)32(36)33(20-5-2)23-30(35)34-21-18-29-28(19-22-38-29)31(34)25-14-16-27(37-3)17-15-25/h5,10-17,19,22,31H,2,4,6-9,18,20-21,23H2,1,3H3. The maximum absolute atomic E-state index is 13.8. The minimum Gasteiger partial charge on any atom is -0.497 e. The molecule has 0 radical (unpaired) electrons. The van der Waals surface area contributed by atoms with Crippen LogP contribution in [0.3, 0.4) is 0 Å². The number of thiophene rings is 1. The van der Waals surface area contributed by atoms with Gasteiger partial charge in [0.25, 0.3) is 5.91 Å². The summed E-state index contributed by atoms with van der Waals surface area (Å²) in [5, 5.41) is 2.09. The van der Waals surface area contributed by atoms with Crippen molar-refractivity contribution in [2.75, 3.05) is 26.7 Å². The lowest BCUT2D eigenvalue weighted by Gasteiger charge is -2.37. The van der Waals surface area contributed by atoms with Crippen molar-refractivity contribution in [3.63, 3.8) is 0 Å². The molecule has 200 valence electrons. The third-order valence-electron chi connectivity index (χ3n) is 7.20. The van der Waals surface area contributed by atoms with E-state index in [0.717, 1.165) is 36.1 Å². The lowest BCUT2D eigenvalue weighted by Crippen LogP contribution is -2.46. The summed E-state index contributed by atoms with van der Waals surface area (Å²) < 4.78 is 5.34. The highest BCUT2D eigenvalue weighted by molar-refractivity contribution is 7.10. The molecule has 0 saturated heterocycles. The Morgan fingerprint density at radius 3 is 2.53 bits per heavy atom. The van der Waals surface area contributed by atoms with Gasteiger partial charge >= 0.3 is 0 Å². The number of rotatable bonds is 12.